The maximum absolute atomic E-state index is 11.7. The molecular weight excluding hydrogens is 294 g/mol. The highest BCUT2D eigenvalue weighted by Gasteiger charge is 2.36. The van der Waals surface area contributed by atoms with Crippen LogP contribution in [0.1, 0.15) is 19.6 Å². The standard InChI is InChI=1S/C12H15N5O5/c1-5(18)21-3-7-6(19)2-8(22-7)17-4-14-9-10(17)15-12(13)16-11(9)20/h4,6-8,19H,2-3H2,1H3,(H3,13,15,16,20)/t6-,7+,8+/m0/s1. The first-order valence-corrected chi connectivity index (χ1v) is 6.65. The van der Waals surface area contributed by atoms with E-state index in [4.69, 9.17) is 15.2 Å². The van der Waals surface area contributed by atoms with Gasteiger partial charge in [0.05, 0.1) is 12.4 Å². The summed E-state index contributed by atoms with van der Waals surface area (Å²) in [6.07, 6.45) is -0.370. The topological polar surface area (TPSA) is 145 Å². The zero-order valence-electron chi connectivity index (χ0n) is 11.7. The third-order valence-corrected chi connectivity index (χ3v) is 3.42. The molecule has 3 rings (SSSR count). The molecule has 0 radical (unpaired) electrons. The maximum Gasteiger partial charge on any atom is 0.302 e. The number of ether oxygens (including phenoxy) is 2. The smallest absolute Gasteiger partial charge is 0.302 e. The van der Waals surface area contributed by atoms with Crippen molar-refractivity contribution in [2.75, 3.05) is 12.3 Å². The summed E-state index contributed by atoms with van der Waals surface area (Å²) in [5, 5.41) is 9.99. The van der Waals surface area contributed by atoms with E-state index in [2.05, 4.69) is 15.0 Å². The number of esters is 1. The van der Waals surface area contributed by atoms with E-state index in [1.165, 1.54) is 17.8 Å². The van der Waals surface area contributed by atoms with E-state index >= 15 is 0 Å². The number of imidazole rings is 1. The van der Waals surface area contributed by atoms with E-state index in [0.29, 0.717) is 0 Å². The molecule has 0 bridgehead atoms. The average molecular weight is 309 g/mol. The summed E-state index contributed by atoms with van der Waals surface area (Å²) in [7, 11) is 0. The molecule has 4 N–H and O–H groups in total. The minimum Gasteiger partial charge on any atom is -0.463 e. The molecule has 22 heavy (non-hydrogen) atoms. The van der Waals surface area contributed by atoms with Crippen molar-refractivity contribution < 1.29 is 19.4 Å². The Morgan fingerprint density at radius 1 is 1.68 bits per heavy atom. The molecule has 0 amide bonds. The first-order chi connectivity index (χ1) is 10.5. The van der Waals surface area contributed by atoms with Gasteiger partial charge >= 0.3 is 5.97 Å². The van der Waals surface area contributed by atoms with Gasteiger partial charge in [-0.15, -0.1) is 0 Å². The number of carbonyl (C=O) groups is 1. The lowest BCUT2D eigenvalue weighted by atomic mass is 10.2. The van der Waals surface area contributed by atoms with Crippen molar-refractivity contribution in [1.82, 2.24) is 19.5 Å². The van der Waals surface area contributed by atoms with Crippen LogP contribution in [0.2, 0.25) is 0 Å². The Bertz CT molecular complexity index is 769. The number of H-pyrrole nitrogens is 1. The van der Waals surface area contributed by atoms with Gasteiger partial charge in [0.2, 0.25) is 5.95 Å². The van der Waals surface area contributed by atoms with Gasteiger partial charge in [0.25, 0.3) is 5.56 Å². The van der Waals surface area contributed by atoms with E-state index in [1.807, 2.05) is 0 Å². The number of hydrogen-bond donors (Lipinski definition) is 3. The van der Waals surface area contributed by atoms with Crippen LogP contribution in [-0.2, 0) is 14.3 Å². The van der Waals surface area contributed by atoms with Crippen molar-refractivity contribution in [3.63, 3.8) is 0 Å². The summed E-state index contributed by atoms with van der Waals surface area (Å²) < 4.78 is 12.0. The second-order valence-electron chi connectivity index (χ2n) is 5.01. The summed E-state index contributed by atoms with van der Waals surface area (Å²) in [6.45, 7) is 1.23. The van der Waals surface area contributed by atoms with Crippen molar-refractivity contribution in [3.05, 3.63) is 16.7 Å². The van der Waals surface area contributed by atoms with Gasteiger partial charge in [-0.2, -0.15) is 4.98 Å². The molecule has 1 saturated heterocycles. The van der Waals surface area contributed by atoms with Crippen LogP contribution in [0, 0.1) is 0 Å². The van der Waals surface area contributed by atoms with Crippen molar-refractivity contribution in [3.8, 4) is 0 Å². The van der Waals surface area contributed by atoms with Gasteiger partial charge in [0.1, 0.15) is 18.9 Å². The number of hydrogen-bond acceptors (Lipinski definition) is 8. The van der Waals surface area contributed by atoms with Crippen LogP contribution in [0.4, 0.5) is 5.95 Å². The Kier molecular flexibility index (Phi) is 3.54. The number of aromatic amines is 1. The summed E-state index contributed by atoms with van der Waals surface area (Å²) >= 11 is 0. The Hall–Kier alpha value is -2.46. The molecule has 0 spiro atoms. The zero-order chi connectivity index (χ0) is 15.9. The fraction of sp³-hybridized carbons (Fsp3) is 0.500. The number of nitrogens with zero attached hydrogens (tertiary/aromatic N) is 3. The Morgan fingerprint density at radius 2 is 2.45 bits per heavy atom. The summed E-state index contributed by atoms with van der Waals surface area (Å²) in [6, 6.07) is 0. The van der Waals surface area contributed by atoms with Crippen LogP contribution in [0.25, 0.3) is 11.2 Å². The molecule has 1 aliphatic heterocycles. The Morgan fingerprint density at radius 3 is 3.18 bits per heavy atom. The number of nitrogens with one attached hydrogen (secondary N) is 1. The quantitative estimate of drug-likeness (QED) is 0.606. The van der Waals surface area contributed by atoms with Crippen LogP contribution < -0.4 is 11.3 Å². The van der Waals surface area contributed by atoms with Gasteiger partial charge in [0, 0.05) is 13.3 Å². The van der Waals surface area contributed by atoms with E-state index in [0.717, 1.165) is 0 Å². The molecule has 3 atom stereocenters. The summed E-state index contributed by atoms with van der Waals surface area (Å²) in [5.41, 5.74) is 5.49. The number of carbonyl (C=O) groups excluding carboxylic acids is 1. The second kappa shape index (κ2) is 5.39. The molecule has 0 saturated carbocycles. The largest absolute Gasteiger partial charge is 0.463 e. The number of nitrogens with two attached hydrogens (primary N) is 1. The molecule has 2 aromatic heterocycles. The molecule has 0 aliphatic carbocycles. The fourth-order valence-corrected chi connectivity index (χ4v) is 2.39. The normalized spacial score (nSPS) is 24.7. The van der Waals surface area contributed by atoms with Crippen molar-refractivity contribution in [1.29, 1.82) is 0 Å². The number of nitrogen functional groups attached to an aromatic ring is 1. The van der Waals surface area contributed by atoms with Crippen molar-refractivity contribution in [2.45, 2.75) is 31.8 Å². The minimum atomic E-state index is -0.804. The monoisotopic (exact) mass is 309 g/mol. The number of fused-ring (bicyclic) bond motifs is 1. The predicted octanol–water partition coefficient (Wildman–Crippen LogP) is -1.09. The van der Waals surface area contributed by atoms with E-state index in [9.17, 15) is 14.7 Å². The van der Waals surface area contributed by atoms with Crippen LogP contribution in [-0.4, -0.2) is 49.4 Å². The third kappa shape index (κ3) is 2.53. The first kappa shape index (κ1) is 14.5. The van der Waals surface area contributed by atoms with Gasteiger partial charge < -0.3 is 20.3 Å². The molecular formula is C12H15N5O5. The van der Waals surface area contributed by atoms with E-state index in [1.54, 1.807) is 0 Å². The van der Waals surface area contributed by atoms with Crippen LogP contribution in [0.15, 0.2) is 11.1 Å². The summed E-state index contributed by atoms with van der Waals surface area (Å²) in [5.74, 6) is -0.484. The minimum absolute atomic E-state index is 0.0331. The number of anilines is 1. The van der Waals surface area contributed by atoms with Crippen molar-refractivity contribution >= 4 is 23.1 Å². The molecule has 2 aromatic rings. The third-order valence-electron chi connectivity index (χ3n) is 3.42. The molecule has 10 heteroatoms. The highest BCUT2D eigenvalue weighted by atomic mass is 16.6. The lowest BCUT2D eigenvalue weighted by Crippen LogP contribution is -2.27. The van der Waals surface area contributed by atoms with E-state index < -0.39 is 30.0 Å². The highest BCUT2D eigenvalue weighted by molar-refractivity contribution is 5.70. The number of aromatic nitrogens is 4. The lowest BCUT2D eigenvalue weighted by Gasteiger charge is -2.15. The number of rotatable bonds is 3. The number of aliphatic hydroxyl groups excluding tert-OH is 1. The first-order valence-electron chi connectivity index (χ1n) is 6.65. The SMILES string of the molecule is CC(=O)OC[C@H]1O[C@@H](n2cnc3c(=O)[nH]c(N)nc32)C[C@@H]1O. The highest BCUT2D eigenvalue weighted by Crippen LogP contribution is 2.30. The molecule has 118 valence electrons. The summed E-state index contributed by atoms with van der Waals surface area (Å²) in [4.78, 5) is 32.9. The molecule has 0 aromatic carbocycles. The van der Waals surface area contributed by atoms with E-state index in [-0.39, 0.29) is 30.1 Å². The number of aliphatic hydroxyl groups is 1. The lowest BCUT2D eigenvalue weighted by molar-refractivity contribution is -0.147. The van der Waals surface area contributed by atoms with Crippen LogP contribution in [0.3, 0.4) is 0 Å². The predicted molar refractivity (Wildman–Crippen MR) is 73.7 cm³/mol. The van der Waals surface area contributed by atoms with Crippen molar-refractivity contribution in [2.24, 2.45) is 0 Å². The molecule has 0 unspecified atom stereocenters. The molecule has 3 heterocycles. The second-order valence-corrected chi connectivity index (χ2v) is 5.01. The molecule has 10 nitrogen and oxygen atoms in total. The zero-order valence-corrected chi connectivity index (χ0v) is 11.7. The van der Waals surface area contributed by atoms with Gasteiger partial charge in [-0.1, -0.05) is 0 Å². The van der Waals surface area contributed by atoms with Gasteiger partial charge in [-0.05, 0) is 0 Å². The van der Waals surface area contributed by atoms with Gasteiger partial charge in [0.15, 0.2) is 11.2 Å². The van der Waals surface area contributed by atoms with Crippen LogP contribution >= 0.6 is 0 Å². The maximum atomic E-state index is 11.7. The Balaban J connectivity index is 1.86. The van der Waals surface area contributed by atoms with Crippen LogP contribution in [0.5, 0.6) is 0 Å². The van der Waals surface area contributed by atoms with Gasteiger partial charge in [-0.3, -0.25) is 19.1 Å². The average Bonchev–Trinajstić information content (AvgIpc) is 3.00. The Labute approximate surface area is 123 Å². The fourth-order valence-electron chi connectivity index (χ4n) is 2.39. The van der Waals surface area contributed by atoms with Gasteiger partial charge in [-0.25, -0.2) is 4.98 Å². The molecule has 1 aliphatic rings. The molecule has 1 fully saturated rings.